The van der Waals surface area contributed by atoms with E-state index in [1.54, 1.807) is 0 Å². The first-order chi connectivity index (χ1) is 12.8. The van der Waals surface area contributed by atoms with Crippen molar-refractivity contribution in [1.29, 1.82) is 0 Å². The van der Waals surface area contributed by atoms with Gasteiger partial charge >= 0.3 is 0 Å². The first kappa shape index (κ1) is 16.4. The summed E-state index contributed by atoms with van der Waals surface area (Å²) in [4.78, 5) is 15.4. The standard InChI is InChI=1S/C22H21N3O/c26-22(21-14-19-7-3-4-8-20(19)25-21)24-12-11-23-15-16-9-10-17-5-1-2-6-18(17)13-16/h1-10,13-14,23,25H,11-12,15H2,(H,24,26). The van der Waals surface area contributed by atoms with Gasteiger partial charge in [0.2, 0.25) is 0 Å². The van der Waals surface area contributed by atoms with Gasteiger partial charge < -0.3 is 15.6 Å². The van der Waals surface area contributed by atoms with Crippen LogP contribution in [-0.2, 0) is 6.54 Å². The minimum Gasteiger partial charge on any atom is -0.351 e. The topological polar surface area (TPSA) is 56.9 Å². The number of aromatic amines is 1. The van der Waals surface area contributed by atoms with Gasteiger partial charge in [0.15, 0.2) is 0 Å². The van der Waals surface area contributed by atoms with Crippen LogP contribution in [0.2, 0.25) is 0 Å². The molecule has 3 aromatic carbocycles. The van der Waals surface area contributed by atoms with Gasteiger partial charge in [-0.05, 0) is 34.5 Å². The molecule has 0 radical (unpaired) electrons. The van der Waals surface area contributed by atoms with Crippen LogP contribution in [-0.4, -0.2) is 24.0 Å². The molecule has 0 aliphatic heterocycles. The van der Waals surface area contributed by atoms with Crippen LogP contribution in [0, 0.1) is 0 Å². The Morgan fingerprint density at radius 1 is 0.808 bits per heavy atom. The van der Waals surface area contributed by atoms with E-state index in [1.165, 1.54) is 16.3 Å². The molecule has 4 rings (SSSR count). The van der Waals surface area contributed by atoms with Crippen LogP contribution in [0.25, 0.3) is 21.7 Å². The lowest BCUT2D eigenvalue weighted by Crippen LogP contribution is -2.31. The molecule has 0 unspecified atom stereocenters. The zero-order valence-corrected chi connectivity index (χ0v) is 14.5. The van der Waals surface area contributed by atoms with Crippen LogP contribution in [0.4, 0.5) is 0 Å². The molecule has 130 valence electrons. The molecule has 4 nitrogen and oxygen atoms in total. The summed E-state index contributed by atoms with van der Waals surface area (Å²) in [7, 11) is 0. The number of para-hydroxylation sites is 1. The van der Waals surface area contributed by atoms with Gasteiger partial charge in [-0.3, -0.25) is 4.79 Å². The number of aromatic nitrogens is 1. The number of fused-ring (bicyclic) bond motifs is 2. The fourth-order valence-corrected chi connectivity index (χ4v) is 3.14. The Kier molecular flexibility index (Phi) is 4.67. The third-order valence-corrected chi connectivity index (χ3v) is 4.50. The van der Waals surface area contributed by atoms with Gasteiger partial charge in [-0.1, -0.05) is 54.6 Å². The number of H-pyrrole nitrogens is 1. The molecule has 4 aromatic rings. The van der Waals surface area contributed by atoms with Crippen molar-refractivity contribution in [3.8, 4) is 0 Å². The minimum absolute atomic E-state index is 0.0753. The van der Waals surface area contributed by atoms with E-state index >= 15 is 0 Å². The number of carbonyl (C=O) groups is 1. The van der Waals surface area contributed by atoms with Crippen molar-refractivity contribution in [3.63, 3.8) is 0 Å². The molecule has 0 bridgehead atoms. The summed E-state index contributed by atoms with van der Waals surface area (Å²) in [6.45, 7) is 2.09. The SMILES string of the molecule is O=C(NCCNCc1ccc2ccccc2c1)c1cc2ccccc2[nH]1. The van der Waals surface area contributed by atoms with Crippen molar-refractivity contribution < 1.29 is 4.79 Å². The number of hydrogen-bond acceptors (Lipinski definition) is 2. The van der Waals surface area contributed by atoms with Crippen LogP contribution in [0.15, 0.2) is 72.8 Å². The smallest absolute Gasteiger partial charge is 0.267 e. The maximum absolute atomic E-state index is 12.2. The second-order valence-corrected chi connectivity index (χ2v) is 6.38. The number of benzene rings is 3. The van der Waals surface area contributed by atoms with Crippen molar-refractivity contribution in [2.45, 2.75) is 6.54 Å². The van der Waals surface area contributed by atoms with Crippen LogP contribution >= 0.6 is 0 Å². The molecule has 1 amide bonds. The predicted molar refractivity (Wildman–Crippen MR) is 106 cm³/mol. The number of rotatable bonds is 6. The van der Waals surface area contributed by atoms with Gasteiger partial charge in [-0.25, -0.2) is 0 Å². The zero-order chi connectivity index (χ0) is 17.8. The van der Waals surface area contributed by atoms with Crippen molar-refractivity contribution in [2.75, 3.05) is 13.1 Å². The third kappa shape index (κ3) is 3.60. The molecule has 1 aromatic heterocycles. The summed E-state index contributed by atoms with van der Waals surface area (Å²) in [5.41, 5.74) is 2.82. The largest absolute Gasteiger partial charge is 0.351 e. The average molecular weight is 343 g/mol. The molecular weight excluding hydrogens is 322 g/mol. The molecule has 0 aliphatic carbocycles. The molecule has 0 saturated heterocycles. The zero-order valence-electron chi connectivity index (χ0n) is 14.5. The monoisotopic (exact) mass is 343 g/mol. The van der Waals surface area contributed by atoms with Crippen LogP contribution in [0.3, 0.4) is 0 Å². The van der Waals surface area contributed by atoms with E-state index in [0.29, 0.717) is 12.2 Å². The van der Waals surface area contributed by atoms with Gasteiger partial charge in [-0.15, -0.1) is 0 Å². The van der Waals surface area contributed by atoms with E-state index in [-0.39, 0.29) is 5.91 Å². The lowest BCUT2D eigenvalue weighted by molar-refractivity contribution is 0.0950. The minimum atomic E-state index is -0.0753. The molecule has 26 heavy (non-hydrogen) atoms. The highest BCUT2D eigenvalue weighted by atomic mass is 16.1. The van der Waals surface area contributed by atoms with E-state index in [0.717, 1.165) is 24.0 Å². The van der Waals surface area contributed by atoms with E-state index in [9.17, 15) is 4.79 Å². The fraction of sp³-hybridized carbons (Fsp3) is 0.136. The van der Waals surface area contributed by atoms with Crippen molar-refractivity contribution in [2.24, 2.45) is 0 Å². The summed E-state index contributed by atoms with van der Waals surface area (Å²) in [5, 5.41) is 9.87. The Labute approximate surface area is 152 Å². The molecule has 0 atom stereocenters. The third-order valence-electron chi connectivity index (χ3n) is 4.50. The maximum atomic E-state index is 12.2. The van der Waals surface area contributed by atoms with Crippen molar-refractivity contribution >= 4 is 27.6 Å². The van der Waals surface area contributed by atoms with E-state index in [2.05, 4.69) is 58.1 Å². The first-order valence-electron chi connectivity index (χ1n) is 8.84. The Morgan fingerprint density at radius 3 is 2.42 bits per heavy atom. The Hall–Kier alpha value is -3.11. The predicted octanol–water partition coefficient (Wildman–Crippen LogP) is 3.84. The molecule has 1 heterocycles. The summed E-state index contributed by atoms with van der Waals surface area (Å²) < 4.78 is 0. The van der Waals surface area contributed by atoms with Crippen LogP contribution in [0.5, 0.6) is 0 Å². The molecule has 0 saturated carbocycles. The Bertz CT molecular complexity index is 1020. The number of nitrogens with one attached hydrogen (secondary N) is 3. The molecule has 3 N–H and O–H groups in total. The first-order valence-corrected chi connectivity index (χ1v) is 8.84. The van der Waals surface area contributed by atoms with Gasteiger partial charge in [0, 0.05) is 30.5 Å². The number of carbonyl (C=O) groups excluding carboxylic acids is 1. The van der Waals surface area contributed by atoms with E-state index < -0.39 is 0 Å². The second kappa shape index (κ2) is 7.42. The highest BCUT2D eigenvalue weighted by Crippen LogP contribution is 2.16. The average Bonchev–Trinajstić information content (AvgIpc) is 3.12. The summed E-state index contributed by atoms with van der Waals surface area (Å²) in [6, 6.07) is 24.6. The lowest BCUT2D eigenvalue weighted by atomic mass is 10.1. The van der Waals surface area contributed by atoms with Gasteiger partial charge in [-0.2, -0.15) is 0 Å². The second-order valence-electron chi connectivity index (χ2n) is 6.38. The maximum Gasteiger partial charge on any atom is 0.267 e. The van der Waals surface area contributed by atoms with E-state index in [1.807, 2.05) is 30.3 Å². The van der Waals surface area contributed by atoms with Crippen LogP contribution in [0.1, 0.15) is 16.1 Å². The van der Waals surface area contributed by atoms with E-state index in [4.69, 9.17) is 0 Å². The van der Waals surface area contributed by atoms with Crippen LogP contribution < -0.4 is 10.6 Å². The number of hydrogen-bond donors (Lipinski definition) is 3. The van der Waals surface area contributed by atoms with Gasteiger partial charge in [0.1, 0.15) is 5.69 Å². The van der Waals surface area contributed by atoms with Crippen molar-refractivity contribution in [3.05, 3.63) is 84.1 Å². The summed E-state index contributed by atoms with van der Waals surface area (Å²) >= 11 is 0. The fourth-order valence-electron chi connectivity index (χ4n) is 3.14. The Balaban J connectivity index is 1.26. The summed E-state index contributed by atoms with van der Waals surface area (Å²) in [6.07, 6.45) is 0. The van der Waals surface area contributed by atoms with Crippen molar-refractivity contribution in [1.82, 2.24) is 15.6 Å². The Morgan fingerprint density at radius 2 is 1.58 bits per heavy atom. The highest BCUT2D eigenvalue weighted by Gasteiger charge is 2.08. The van der Waals surface area contributed by atoms with Gasteiger partial charge in [0.25, 0.3) is 5.91 Å². The molecule has 0 fully saturated rings. The molecule has 0 aliphatic rings. The molecule has 0 spiro atoms. The van der Waals surface area contributed by atoms with Gasteiger partial charge in [0.05, 0.1) is 0 Å². The lowest BCUT2D eigenvalue weighted by Gasteiger charge is -2.07. The normalized spacial score (nSPS) is 11.1. The molecule has 4 heteroatoms. The quantitative estimate of drug-likeness (QED) is 0.466. The summed E-state index contributed by atoms with van der Waals surface area (Å²) in [5.74, 6) is -0.0753. The number of amides is 1. The molecular formula is C22H21N3O. The highest BCUT2D eigenvalue weighted by molar-refractivity contribution is 5.97.